The van der Waals surface area contributed by atoms with Gasteiger partial charge in [0.05, 0.1) is 24.7 Å². The number of ether oxygens (including phenoxy) is 1. The second-order valence-corrected chi connectivity index (χ2v) is 5.62. The molecule has 2 aromatic rings. The van der Waals surface area contributed by atoms with Crippen LogP contribution in [0.4, 0.5) is 8.78 Å². The summed E-state index contributed by atoms with van der Waals surface area (Å²) in [5.41, 5.74) is 1.58. The summed E-state index contributed by atoms with van der Waals surface area (Å²) < 4.78 is 32.2. The molecule has 1 aromatic heterocycles. The van der Waals surface area contributed by atoms with E-state index in [0.29, 0.717) is 18.7 Å². The molecule has 0 unspecified atom stereocenters. The molecule has 3 rings (SSSR count). The van der Waals surface area contributed by atoms with Crippen molar-refractivity contribution < 1.29 is 13.5 Å². The van der Waals surface area contributed by atoms with Gasteiger partial charge >= 0.3 is 0 Å². The lowest BCUT2D eigenvalue weighted by atomic mass is 10.1. The van der Waals surface area contributed by atoms with Crippen LogP contribution >= 0.6 is 0 Å². The van der Waals surface area contributed by atoms with Gasteiger partial charge in [-0.25, -0.2) is 13.8 Å². The summed E-state index contributed by atoms with van der Waals surface area (Å²) in [5, 5.41) is 0. The summed E-state index contributed by atoms with van der Waals surface area (Å²) in [5.74, 6) is -1.04. The molecule has 1 N–H and O–H groups in total. The molecule has 22 heavy (non-hydrogen) atoms. The van der Waals surface area contributed by atoms with Gasteiger partial charge in [-0.15, -0.1) is 0 Å². The summed E-state index contributed by atoms with van der Waals surface area (Å²) >= 11 is 0. The van der Waals surface area contributed by atoms with E-state index in [9.17, 15) is 8.78 Å². The molecule has 1 saturated heterocycles. The van der Waals surface area contributed by atoms with Gasteiger partial charge in [0.15, 0.2) is 0 Å². The van der Waals surface area contributed by atoms with E-state index >= 15 is 0 Å². The summed E-state index contributed by atoms with van der Waals surface area (Å²) in [6.07, 6.45) is 5.52. The zero-order valence-electron chi connectivity index (χ0n) is 12.3. The Morgan fingerprint density at radius 2 is 1.91 bits per heavy atom. The minimum Gasteiger partial charge on any atom is -0.372 e. The van der Waals surface area contributed by atoms with Crippen molar-refractivity contribution in [1.29, 1.82) is 0 Å². The van der Waals surface area contributed by atoms with E-state index in [-0.39, 0.29) is 6.10 Å². The Balaban J connectivity index is 1.45. The fraction of sp³-hybridized carbons (Fsp3) is 0.438. The van der Waals surface area contributed by atoms with Gasteiger partial charge in [-0.3, -0.25) is 4.90 Å². The van der Waals surface area contributed by atoms with Crippen LogP contribution < -0.4 is 0 Å². The van der Waals surface area contributed by atoms with Gasteiger partial charge in [0.2, 0.25) is 0 Å². The van der Waals surface area contributed by atoms with Crippen LogP contribution in [-0.4, -0.2) is 34.1 Å². The largest absolute Gasteiger partial charge is 0.372 e. The molecule has 118 valence electrons. The van der Waals surface area contributed by atoms with Crippen molar-refractivity contribution in [2.24, 2.45) is 0 Å². The van der Waals surface area contributed by atoms with Crippen LogP contribution in [0.1, 0.15) is 24.1 Å². The molecule has 0 bridgehead atoms. The van der Waals surface area contributed by atoms with Crippen LogP contribution in [0.15, 0.2) is 30.7 Å². The Labute approximate surface area is 128 Å². The molecule has 2 heterocycles. The van der Waals surface area contributed by atoms with Crippen molar-refractivity contribution in [2.75, 3.05) is 13.1 Å². The summed E-state index contributed by atoms with van der Waals surface area (Å²) in [6.45, 7) is 2.82. The molecule has 6 heteroatoms. The lowest BCUT2D eigenvalue weighted by Crippen LogP contribution is -2.36. The third kappa shape index (κ3) is 4.11. The van der Waals surface area contributed by atoms with Crippen LogP contribution in [0.25, 0.3) is 0 Å². The molecule has 1 aliphatic rings. The van der Waals surface area contributed by atoms with Gasteiger partial charge < -0.3 is 9.72 Å². The molecular formula is C16H19F2N3O. The number of imidazole rings is 1. The molecular weight excluding hydrogens is 288 g/mol. The number of H-pyrrole nitrogens is 1. The summed E-state index contributed by atoms with van der Waals surface area (Å²) in [7, 11) is 0. The lowest BCUT2D eigenvalue weighted by molar-refractivity contribution is -0.00513. The quantitative estimate of drug-likeness (QED) is 0.923. The van der Waals surface area contributed by atoms with Gasteiger partial charge in [0.25, 0.3) is 0 Å². The normalized spacial score (nSPS) is 17.0. The minimum atomic E-state index is -0.521. The highest BCUT2D eigenvalue weighted by Gasteiger charge is 2.20. The van der Waals surface area contributed by atoms with E-state index in [2.05, 4.69) is 14.9 Å². The number of hydrogen-bond donors (Lipinski definition) is 1. The zero-order chi connectivity index (χ0) is 15.4. The highest BCUT2D eigenvalue weighted by molar-refractivity contribution is 5.17. The molecule has 1 fully saturated rings. The number of likely N-dealkylation sites (tertiary alicyclic amines) is 1. The third-order valence-electron chi connectivity index (χ3n) is 3.88. The number of aromatic amines is 1. The van der Waals surface area contributed by atoms with Gasteiger partial charge in [0.1, 0.15) is 11.6 Å². The number of hydrogen-bond acceptors (Lipinski definition) is 3. The van der Waals surface area contributed by atoms with E-state index in [1.807, 2.05) is 6.20 Å². The Bertz CT molecular complexity index is 575. The first-order valence-electron chi connectivity index (χ1n) is 7.45. The number of rotatable bonds is 5. The van der Waals surface area contributed by atoms with Crippen LogP contribution in [0, 0.1) is 11.6 Å². The van der Waals surface area contributed by atoms with Crippen molar-refractivity contribution >= 4 is 0 Å². The van der Waals surface area contributed by atoms with E-state index in [1.54, 1.807) is 6.33 Å². The fourth-order valence-electron chi connectivity index (χ4n) is 2.77. The second kappa shape index (κ2) is 6.98. The third-order valence-corrected chi connectivity index (χ3v) is 3.88. The molecule has 4 nitrogen and oxygen atoms in total. The van der Waals surface area contributed by atoms with Crippen LogP contribution in [0.3, 0.4) is 0 Å². The van der Waals surface area contributed by atoms with Crippen molar-refractivity contribution in [1.82, 2.24) is 14.9 Å². The predicted molar refractivity (Wildman–Crippen MR) is 78.0 cm³/mol. The molecule has 0 amide bonds. The Kier molecular flexibility index (Phi) is 4.80. The number of nitrogens with one attached hydrogen (secondary N) is 1. The highest BCUT2D eigenvalue weighted by Crippen LogP contribution is 2.18. The fourth-order valence-corrected chi connectivity index (χ4v) is 2.77. The van der Waals surface area contributed by atoms with Crippen molar-refractivity contribution in [3.63, 3.8) is 0 Å². The lowest BCUT2D eigenvalue weighted by Gasteiger charge is -2.31. The molecule has 0 aliphatic carbocycles. The standard InChI is InChI=1S/C16H19F2N3O/c17-13-5-12(6-14(18)7-13)9-21-3-1-16(2-4-21)22-10-15-8-19-11-20-15/h5-8,11,16H,1-4,9-10H2,(H,19,20). The van der Waals surface area contributed by atoms with Crippen molar-refractivity contribution in [2.45, 2.75) is 32.1 Å². The van der Waals surface area contributed by atoms with Gasteiger partial charge in [-0.2, -0.15) is 0 Å². The molecule has 0 saturated carbocycles. The zero-order valence-corrected chi connectivity index (χ0v) is 12.3. The van der Waals surface area contributed by atoms with Crippen molar-refractivity contribution in [3.8, 4) is 0 Å². The number of piperidine rings is 1. The van der Waals surface area contributed by atoms with Gasteiger partial charge in [-0.05, 0) is 30.5 Å². The second-order valence-electron chi connectivity index (χ2n) is 5.62. The maximum absolute atomic E-state index is 13.2. The maximum Gasteiger partial charge on any atom is 0.126 e. The number of halogens is 2. The maximum atomic E-state index is 13.2. The SMILES string of the molecule is Fc1cc(F)cc(CN2CCC(OCc3c[nH]cn3)CC2)c1. The summed E-state index contributed by atoms with van der Waals surface area (Å²) in [6, 6.07) is 3.69. The van der Waals surface area contributed by atoms with Crippen LogP contribution in [0.5, 0.6) is 0 Å². The average Bonchev–Trinajstić information content (AvgIpc) is 2.99. The molecule has 1 aliphatic heterocycles. The van der Waals surface area contributed by atoms with Crippen LogP contribution in [0.2, 0.25) is 0 Å². The van der Waals surface area contributed by atoms with Crippen LogP contribution in [-0.2, 0) is 17.9 Å². The van der Waals surface area contributed by atoms with Crippen molar-refractivity contribution in [3.05, 3.63) is 53.6 Å². The van der Waals surface area contributed by atoms with E-state index in [1.165, 1.54) is 12.1 Å². The van der Waals surface area contributed by atoms with E-state index in [0.717, 1.165) is 37.7 Å². The number of nitrogens with zero attached hydrogens (tertiary/aromatic N) is 2. The van der Waals surface area contributed by atoms with E-state index in [4.69, 9.17) is 4.74 Å². The summed E-state index contributed by atoms with van der Waals surface area (Å²) in [4.78, 5) is 9.22. The number of benzene rings is 1. The molecule has 1 aromatic carbocycles. The van der Waals surface area contributed by atoms with Gasteiger partial charge in [-0.1, -0.05) is 0 Å². The molecule has 0 atom stereocenters. The molecule has 0 radical (unpaired) electrons. The van der Waals surface area contributed by atoms with E-state index < -0.39 is 11.6 Å². The topological polar surface area (TPSA) is 41.1 Å². The number of aromatic nitrogens is 2. The smallest absolute Gasteiger partial charge is 0.126 e. The Morgan fingerprint density at radius 1 is 1.18 bits per heavy atom. The first-order valence-corrected chi connectivity index (χ1v) is 7.45. The first kappa shape index (κ1) is 15.1. The predicted octanol–water partition coefficient (Wildman–Crippen LogP) is 2.87. The Hall–Kier alpha value is -1.79. The first-order chi connectivity index (χ1) is 10.7. The minimum absolute atomic E-state index is 0.220. The molecule has 0 spiro atoms. The average molecular weight is 307 g/mol. The van der Waals surface area contributed by atoms with Gasteiger partial charge in [0, 0.05) is 31.9 Å². The highest BCUT2D eigenvalue weighted by atomic mass is 19.1. The Morgan fingerprint density at radius 3 is 2.55 bits per heavy atom. The monoisotopic (exact) mass is 307 g/mol.